The summed E-state index contributed by atoms with van der Waals surface area (Å²) in [4.78, 5) is 2.70. The van der Waals surface area contributed by atoms with Gasteiger partial charge in [0, 0.05) is 17.8 Å². The lowest BCUT2D eigenvalue weighted by atomic mass is 10.1. The van der Waals surface area contributed by atoms with Crippen molar-refractivity contribution in [3.63, 3.8) is 0 Å². The number of hydrogen-bond acceptors (Lipinski definition) is 3. The quantitative estimate of drug-likeness (QED) is 0.365. The van der Waals surface area contributed by atoms with Crippen LogP contribution in [0.5, 0.6) is 11.5 Å². The standard InChI is InChI=1S/C10H11ClO.C9H8ClN3O/c1-2-8-6-7-4-3-5-9(11)10(7)12-8;10-8-3-1-2-6-4-7(5-12-13-11)14-9(6)8/h3-5,8H,2,6H2,1H3;1-3,7H,4-5H2. The van der Waals surface area contributed by atoms with Gasteiger partial charge >= 0.3 is 0 Å². The van der Waals surface area contributed by atoms with E-state index in [2.05, 4.69) is 23.0 Å². The minimum atomic E-state index is -0.0687. The number of fused-ring (bicyclic) bond motifs is 2. The van der Waals surface area contributed by atoms with E-state index in [9.17, 15) is 0 Å². The van der Waals surface area contributed by atoms with Gasteiger partial charge in [-0.2, -0.15) is 0 Å². The highest BCUT2D eigenvalue weighted by Crippen LogP contribution is 2.36. The molecule has 0 spiro atoms. The Hall–Kier alpha value is -2.07. The Bertz CT molecular complexity index is 838. The minimum Gasteiger partial charge on any atom is -0.488 e. The van der Waals surface area contributed by atoms with E-state index in [-0.39, 0.29) is 6.10 Å². The lowest BCUT2D eigenvalue weighted by molar-refractivity contribution is 0.228. The molecule has 0 bridgehead atoms. The number of benzene rings is 2. The fourth-order valence-electron chi connectivity index (χ4n) is 3.06. The van der Waals surface area contributed by atoms with Crippen molar-refractivity contribution < 1.29 is 9.47 Å². The van der Waals surface area contributed by atoms with Crippen molar-refractivity contribution >= 4 is 23.2 Å². The molecule has 0 amide bonds. The van der Waals surface area contributed by atoms with E-state index < -0.39 is 0 Å². The van der Waals surface area contributed by atoms with Crippen LogP contribution in [0.15, 0.2) is 41.5 Å². The van der Waals surface area contributed by atoms with Crippen LogP contribution in [-0.4, -0.2) is 18.8 Å². The summed E-state index contributed by atoms with van der Waals surface area (Å²) < 4.78 is 11.2. The zero-order valence-corrected chi connectivity index (χ0v) is 15.9. The number of hydrogen-bond donors (Lipinski definition) is 0. The zero-order chi connectivity index (χ0) is 18.5. The Labute approximate surface area is 162 Å². The molecule has 0 aromatic heterocycles. The second kappa shape index (κ2) is 8.54. The lowest BCUT2D eigenvalue weighted by Crippen LogP contribution is -2.16. The Morgan fingerprint density at radius 1 is 1.00 bits per heavy atom. The highest BCUT2D eigenvalue weighted by atomic mass is 35.5. The maximum atomic E-state index is 8.17. The zero-order valence-electron chi connectivity index (χ0n) is 14.4. The van der Waals surface area contributed by atoms with Crippen LogP contribution in [0.3, 0.4) is 0 Å². The van der Waals surface area contributed by atoms with Gasteiger partial charge in [-0.15, -0.1) is 0 Å². The molecule has 2 heterocycles. The first-order chi connectivity index (χ1) is 12.6. The monoisotopic (exact) mass is 391 g/mol. The van der Waals surface area contributed by atoms with E-state index >= 15 is 0 Å². The van der Waals surface area contributed by atoms with Gasteiger partial charge in [0.05, 0.1) is 16.6 Å². The molecule has 0 saturated heterocycles. The fraction of sp³-hybridized carbons (Fsp3) is 0.368. The Morgan fingerprint density at radius 2 is 1.54 bits per heavy atom. The van der Waals surface area contributed by atoms with Crippen molar-refractivity contribution in [2.75, 3.05) is 6.54 Å². The van der Waals surface area contributed by atoms with Crippen molar-refractivity contribution in [2.24, 2.45) is 5.11 Å². The summed E-state index contributed by atoms with van der Waals surface area (Å²) in [6.45, 7) is 2.48. The van der Waals surface area contributed by atoms with Gasteiger partial charge in [-0.1, -0.05) is 59.5 Å². The van der Waals surface area contributed by atoms with Gasteiger partial charge in [0.2, 0.25) is 0 Å². The molecule has 2 aromatic carbocycles. The molecule has 2 aliphatic heterocycles. The molecule has 2 atom stereocenters. The van der Waals surface area contributed by atoms with E-state index in [4.69, 9.17) is 38.2 Å². The summed E-state index contributed by atoms with van der Waals surface area (Å²) in [7, 11) is 0. The number of azide groups is 1. The van der Waals surface area contributed by atoms with Crippen molar-refractivity contribution in [1.82, 2.24) is 0 Å². The second-order valence-electron chi connectivity index (χ2n) is 6.17. The number of para-hydroxylation sites is 2. The van der Waals surface area contributed by atoms with Crippen molar-refractivity contribution in [1.29, 1.82) is 0 Å². The molecule has 4 rings (SSSR count). The summed E-state index contributed by atoms with van der Waals surface area (Å²) in [5.74, 6) is 1.62. The van der Waals surface area contributed by atoms with Gasteiger partial charge in [-0.3, -0.25) is 0 Å². The average molecular weight is 392 g/mol. The molecule has 0 fully saturated rings. The van der Waals surface area contributed by atoms with E-state index in [0.717, 1.165) is 41.3 Å². The predicted molar refractivity (Wildman–Crippen MR) is 103 cm³/mol. The molecular weight excluding hydrogens is 373 g/mol. The Balaban J connectivity index is 0.000000152. The minimum absolute atomic E-state index is 0.0687. The Kier molecular flexibility index (Phi) is 6.15. The first kappa shape index (κ1) is 18.7. The molecule has 0 aliphatic carbocycles. The van der Waals surface area contributed by atoms with Gasteiger partial charge < -0.3 is 9.47 Å². The van der Waals surface area contributed by atoms with E-state index in [0.29, 0.717) is 17.7 Å². The third-order valence-corrected chi connectivity index (χ3v) is 4.96. The largest absolute Gasteiger partial charge is 0.488 e. The van der Waals surface area contributed by atoms with Crippen LogP contribution in [-0.2, 0) is 12.8 Å². The maximum absolute atomic E-state index is 8.17. The molecule has 5 nitrogen and oxygen atoms in total. The van der Waals surface area contributed by atoms with Crippen molar-refractivity contribution in [3.8, 4) is 11.5 Å². The van der Waals surface area contributed by atoms with E-state index in [1.165, 1.54) is 5.56 Å². The van der Waals surface area contributed by atoms with E-state index in [1.807, 2.05) is 24.3 Å². The summed E-state index contributed by atoms with van der Waals surface area (Å²) >= 11 is 11.9. The van der Waals surface area contributed by atoms with Crippen LogP contribution in [0.2, 0.25) is 10.0 Å². The van der Waals surface area contributed by atoms with Gasteiger partial charge in [-0.05, 0) is 35.2 Å². The fourth-order valence-corrected chi connectivity index (χ4v) is 3.53. The molecule has 0 radical (unpaired) electrons. The number of nitrogens with zero attached hydrogens (tertiary/aromatic N) is 3. The molecule has 2 aliphatic rings. The van der Waals surface area contributed by atoms with Crippen LogP contribution in [0.4, 0.5) is 0 Å². The molecule has 7 heteroatoms. The summed E-state index contributed by atoms with van der Waals surface area (Å²) in [5.41, 5.74) is 10.5. The second-order valence-corrected chi connectivity index (χ2v) is 6.98. The lowest BCUT2D eigenvalue weighted by Gasteiger charge is -2.06. The number of ether oxygens (including phenoxy) is 2. The maximum Gasteiger partial charge on any atom is 0.141 e. The van der Waals surface area contributed by atoms with Crippen molar-refractivity contribution in [2.45, 2.75) is 38.4 Å². The topological polar surface area (TPSA) is 67.2 Å². The normalized spacial score (nSPS) is 19.2. The van der Waals surface area contributed by atoms with Gasteiger partial charge in [0.1, 0.15) is 23.7 Å². The number of halogens is 2. The van der Waals surface area contributed by atoms with Crippen LogP contribution in [0, 0.1) is 0 Å². The smallest absolute Gasteiger partial charge is 0.141 e. The molecule has 2 aromatic rings. The number of rotatable bonds is 3. The molecular formula is C19H19Cl2N3O2. The molecule has 136 valence electrons. The highest BCUT2D eigenvalue weighted by Gasteiger charge is 2.24. The predicted octanol–water partition coefficient (Wildman–Crippen LogP) is 6.01. The Morgan fingerprint density at radius 3 is 2.04 bits per heavy atom. The van der Waals surface area contributed by atoms with Crippen LogP contribution < -0.4 is 9.47 Å². The van der Waals surface area contributed by atoms with Crippen LogP contribution >= 0.6 is 23.2 Å². The third-order valence-electron chi connectivity index (χ3n) is 4.37. The highest BCUT2D eigenvalue weighted by molar-refractivity contribution is 6.32. The molecule has 2 unspecified atom stereocenters. The first-order valence-corrected chi connectivity index (χ1v) is 9.27. The van der Waals surface area contributed by atoms with Crippen LogP contribution in [0.25, 0.3) is 10.4 Å². The molecule has 26 heavy (non-hydrogen) atoms. The van der Waals surface area contributed by atoms with Gasteiger partial charge in [0.15, 0.2) is 0 Å². The summed E-state index contributed by atoms with van der Waals surface area (Å²) in [6.07, 6.45) is 3.08. The SMILES string of the molecule is CCC1Cc2cccc(Cl)c2O1.[N-]=[N+]=NCC1Cc2cccc(Cl)c2O1. The van der Waals surface area contributed by atoms with Crippen molar-refractivity contribution in [3.05, 3.63) is 68.0 Å². The molecule has 0 saturated carbocycles. The van der Waals surface area contributed by atoms with Gasteiger partial charge in [-0.25, -0.2) is 0 Å². The average Bonchev–Trinajstić information content (AvgIpc) is 3.25. The summed E-state index contributed by atoms with van der Waals surface area (Å²) in [6, 6.07) is 11.6. The summed E-state index contributed by atoms with van der Waals surface area (Å²) in [5, 5.41) is 4.83. The third kappa shape index (κ3) is 4.18. The first-order valence-electron chi connectivity index (χ1n) is 8.51. The van der Waals surface area contributed by atoms with Gasteiger partial charge in [0.25, 0.3) is 0 Å². The van der Waals surface area contributed by atoms with E-state index in [1.54, 1.807) is 6.07 Å². The van der Waals surface area contributed by atoms with Crippen LogP contribution in [0.1, 0.15) is 24.5 Å². The molecule has 0 N–H and O–H groups in total.